The van der Waals surface area contributed by atoms with Gasteiger partial charge in [-0.3, -0.25) is 14.3 Å². The van der Waals surface area contributed by atoms with Crippen molar-refractivity contribution in [2.24, 2.45) is 0 Å². The minimum Gasteiger partial charge on any atom is -0.271 e. The second-order valence-corrected chi connectivity index (χ2v) is 4.21. The number of aromatic nitrogens is 5. The van der Waals surface area contributed by atoms with Gasteiger partial charge < -0.3 is 0 Å². The Morgan fingerprint density at radius 2 is 2.00 bits per heavy atom. The molecule has 0 unspecified atom stereocenters. The number of nitrogens with zero attached hydrogens (tertiary/aromatic N) is 4. The molecule has 1 N–H and O–H groups in total. The zero-order chi connectivity index (χ0) is 12.4. The van der Waals surface area contributed by atoms with Crippen LogP contribution in [0.5, 0.6) is 0 Å². The molecule has 0 aliphatic rings. The topological polar surface area (TPSA) is 51.4 Å². The summed E-state index contributed by atoms with van der Waals surface area (Å²) in [5, 5.41) is 11.2. The fraction of sp³-hybridized carbons (Fsp3) is 0.0833. The largest absolute Gasteiger partial charge is 0.271 e. The van der Waals surface area contributed by atoms with E-state index in [1.807, 2.05) is 51.8 Å². The van der Waals surface area contributed by atoms with Gasteiger partial charge in [-0.05, 0) is 30.4 Å². The van der Waals surface area contributed by atoms with Gasteiger partial charge in [0.1, 0.15) is 6.54 Å². The summed E-state index contributed by atoms with van der Waals surface area (Å²) in [5.41, 5.74) is 0.999. The quantitative estimate of drug-likeness (QED) is 0.732. The zero-order valence-electron chi connectivity index (χ0n) is 9.52. The number of H-pyrrole nitrogens is 1. The smallest absolute Gasteiger partial charge is 0.199 e. The fourth-order valence-corrected chi connectivity index (χ4v) is 2.07. The molecule has 3 aromatic rings. The summed E-state index contributed by atoms with van der Waals surface area (Å²) in [5.74, 6) is 0.829. The minimum absolute atomic E-state index is 0.578. The van der Waals surface area contributed by atoms with E-state index in [1.165, 1.54) is 0 Å². The lowest BCUT2D eigenvalue weighted by Crippen LogP contribution is -2.07. The number of hydrogen-bond acceptors (Lipinski definition) is 3. The van der Waals surface area contributed by atoms with Crippen molar-refractivity contribution in [1.82, 2.24) is 24.5 Å². The third-order valence-corrected chi connectivity index (χ3v) is 2.89. The maximum Gasteiger partial charge on any atom is 0.199 e. The van der Waals surface area contributed by atoms with Crippen LogP contribution in [0.4, 0.5) is 0 Å². The molecule has 0 radical (unpaired) electrons. The molecule has 0 spiro atoms. The first-order valence-electron chi connectivity index (χ1n) is 5.54. The first-order valence-corrected chi connectivity index (χ1v) is 5.94. The Balaban J connectivity index is 2.05. The zero-order valence-corrected chi connectivity index (χ0v) is 10.3. The highest BCUT2D eigenvalue weighted by Crippen LogP contribution is 2.11. The number of benzene rings is 1. The lowest BCUT2D eigenvalue weighted by Gasteiger charge is -2.06. The van der Waals surface area contributed by atoms with E-state index in [1.54, 1.807) is 6.20 Å². The number of aromatic amines is 1. The van der Waals surface area contributed by atoms with Crippen LogP contribution in [0.3, 0.4) is 0 Å². The predicted molar refractivity (Wildman–Crippen MR) is 70.1 cm³/mol. The van der Waals surface area contributed by atoms with Gasteiger partial charge in [-0.25, -0.2) is 0 Å². The predicted octanol–water partition coefficient (Wildman–Crippen LogP) is 2.17. The highest BCUT2D eigenvalue weighted by atomic mass is 32.1. The van der Waals surface area contributed by atoms with Gasteiger partial charge in [0.25, 0.3) is 0 Å². The Bertz CT molecular complexity index is 681. The standard InChI is InChI=1S/C12H11N5S/c18-12-15-14-11(9-16-8-4-7-13-16)17(12)10-5-2-1-3-6-10/h1-8H,9H2,(H,15,18). The molecule has 6 heteroatoms. The van der Waals surface area contributed by atoms with Gasteiger partial charge in [0.05, 0.1) is 0 Å². The van der Waals surface area contributed by atoms with E-state index in [9.17, 15) is 0 Å². The SMILES string of the molecule is S=c1[nH]nc(Cn2cccn2)n1-c1ccccc1. The maximum atomic E-state index is 5.27. The molecule has 0 atom stereocenters. The van der Waals surface area contributed by atoms with E-state index in [0.29, 0.717) is 11.3 Å². The molecule has 0 bridgehead atoms. The Morgan fingerprint density at radius 3 is 2.72 bits per heavy atom. The summed E-state index contributed by atoms with van der Waals surface area (Å²) in [6.45, 7) is 0.578. The Labute approximate surface area is 109 Å². The summed E-state index contributed by atoms with van der Waals surface area (Å²) in [6.07, 6.45) is 3.64. The fourth-order valence-electron chi connectivity index (χ4n) is 1.82. The molecule has 0 aliphatic carbocycles. The summed E-state index contributed by atoms with van der Waals surface area (Å²) in [7, 11) is 0. The van der Waals surface area contributed by atoms with Crippen molar-refractivity contribution in [1.29, 1.82) is 0 Å². The van der Waals surface area contributed by atoms with Crippen molar-refractivity contribution in [2.45, 2.75) is 6.54 Å². The molecule has 3 rings (SSSR count). The van der Waals surface area contributed by atoms with E-state index >= 15 is 0 Å². The Hall–Kier alpha value is -2.21. The molecule has 0 fully saturated rings. The van der Waals surface area contributed by atoms with Crippen molar-refractivity contribution in [3.63, 3.8) is 0 Å². The van der Waals surface area contributed by atoms with Crippen LogP contribution in [0.15, 0.2) is 48.8 Å². The van der Waals surface area contributed by atoms with Gasteiger partial charge in [-0.15, -0.1) is 0 Å². The van der Waals surface area contributed by atoms with Crippen LogP contribution in [0, 0.1) is 4.77 Å². The molecule has 5 nitrogen and oxygen atoms in total. The molecular weight excluding hydrogens is 246 g/mol. The molecule has 90 valence electrons. The highest BCUT2D eigenvalue weighted by molar-refractivity contribution is 7.71. The third-order valence-electron chi connectivity index (χ3n) is 2.62. The van der Waals surface area contributed by atoms with E-state index in [0.717, 1.165) is 11.5 Å². The van der Waals surface area contributed by atoms with E-state index in [4.69, 9.17) is 12.2 Å². The van der Waals surface area contributed by atoms with Crippen LogP contribution in [-0.4, -0.2) is 24.5 Å². The van der Waals surface area contributed by atoms with Crippen LogP contribution in [0.25, 0.3) is 5.69 Å². The molecular formula is C12H11N5S. The van der Waals surface area contributed by atoms with E-state index < -0.39 is 0 Å². The molecule has 1 aromatic carbocycles. The maximum absolute atomic E-state index is 5.27. The van der Waals surface area contributed by atoms with Crippen molar-refractivity contribution in [2.75, 3.05) is 0 Å². The molecule has 0 aliphatic heterocycles. The third kappa shape index (κ3) is 1.98. The van der Waals surface area contributed by atoms with Crippen LogP contribution in [-0.2, 0) is 6.54 Å². The highest BCUT2D eigenvalue weighted by Gasteiger charge is 2.08. The van der Waals surface area contributed by atoms with Crippen LogP contribution < -0.4 is 0 Å². The molecule has 0 saturated heterocycles. The van der Waals surface area contributed by atoms with Crippen LogP contribution in [0.1, 0.15) is 5.82 Å². The van der Waals surface area contributed by atoms with Crippen LogP contribution in [0.2, 0.25) is 0 Å². The number of rotatable bonds is 3. The second-order valence-electron chi connectivity index (χ2n) is 3.82. The van der Waals surface area contributed by atoms with E-state index in [-0.39, 0.29) is 0 Å². The normalized spacial score (nSPS) is 10.7. The van der Waals surface area contributed by atoms with Crippen molar-refractivity contribution in [3.8, 4) is 5.69 Å². The van der Waals surface area contributed by atoms with Gasteiger partial charge in [0, 0.05) is 18.1 Å². The second kappa shape index (κ2) is 4.58. The molecule has 2 aromatic heterocycles. The lowest BCUT2D eigenvalue weighted by atomic mass is 10.3. The van der Waals surface area contributed by atoms with Crippen molar-refractivity contribution in [3.05, 3.63) is 59.4 Å². The number of nitrogens with one attached hydrogen (secondary N) is 1. The average Bonchev–Trinajstić information content (AvgIpc) is 3.02. The van der Waals surface area contributed by atoms with Crippen molar-refractivity contribution >= 4 is 12.2 Å². The Morgan fingerprint density at radius 1 is 1.17 bits per heavy atom. The van der Waals surface area contributed by atoms with Gasteiger partial charge in [-0.2, -0.15) is 10.2 Å². The molecule has 18 heavy (non-hydrogen) atoms. The lowest BCUT2D eigenvalue weighted by molar-refractivity contribution is 0.644. The number of para-hydroxylation sites is 1. The summed E-state index contributed by atoms with van der Waals surface area (Å²) < 4.78 is 4.31. The van der Waals surface area contributed by atoms with E-state index in [2.05, 4.69) is 15.3 Å². The summed E-state index contributed by atoms with van der Waals surface area (Å²) in [6, 6.07) is 11.8. The molecule has 2 heterocycles. The van der Waals surface area contributed by atoms with Crippen molar-refractivity contribution < 1.29 is 0 Å². The number of hydrogen-bond donors (Lipinski definition) is 1. The average molecular weight is 257 g/mol. The summed E-state index contributed by atoms with van der Waals surface area (Å²) >= 11 is 5.27. The van der Waals surface area contributed by atoms with Gasteiger partial charge in [-0.1, -0.05) is 18.2 Å². The van der Waals surface area contributed by atoms with Crippen LogP contribution >= 0.6 is 12.2 Å². The van der Waals surface area contributed by atoms with Gasteiger partial charge >= 0.3 is 0 Å². The van der Waals surface area contributed by atoms with Gasteiger partial charge in [0.15, 0.2) is 10.6 Å². The molecule has 0 amide bonds. The molecule has 0 saturated carbocycles. The Kier molecular flexibility index (Phi) is 2.77. The minimum atomic E-state index is 0.578. The first kappa shape index (κ1) is 10.9. The monoisotopic (exact) mass is 257 g/mol. The summed E-state index contributed by atoms with van der Waals surface area (Å²) in [4.78, 5) is 0. The first-order chi connectivity index (χ1) is 8.84. The van der Waals surface area contributed by atoms with Gasteiger partial charge in [0.2, 0.25) is 0 Å².